The van der Waals surface area contributed by atoms with Crippen LogP contribution in [-0.4, -0.2) is 59.7 Å². The number of carbonyl (C=O) groups is 1. The highest BCUT2D eigenvalue weighted by atomic mass is 16.6. The summed E-state index contributed by atoms with van der Waals surface area (Å²) in [4.78, 5) is 10.2. The third-order valence-electron chi connectivity index (χ3n) is 2.50. The van der Waals surface area contributed by atoms with E-state index in [-0.39, 0.29) is 18.7 Å². The smallest absolute Gasteiger partial charge is 0.408 e. The van der Waals surface area contributed by atoms with Crippen molar-refractivity contribution >= 4 is 13.4 Å². The molecule has 4 atom stereocenters. The summed E-state index contributed by atoms with van der Waals surface area (Å²) in [6, 6.07) is 0. The van der Waals surface area contributed by atoms with Crippen molar-refractivity contribution in [3.05, 3.63) is 0 Å². The van der Waals surface area contributed by atoms with Crippen molar-refractivity contribution in [2.45, 2.75) is 44.1 Å². The predicted octanol–water partition coefficient (Wildman–Crippen LogP) is -1.42. The molecule has 1 aliphatic rings. The largest absolute Gasteiger partial charge is 0.460 e. The van der Waals surface area contributed by atoms with Gasteiger partial charge in [0.1, 0.15) is 18.3 Å². The maximum atomic E-state index is 10.2. The molecule has 16 heavy (non-hydrogen) atoms. The van der Waals surface area contributed by atoms with Crippen LogP contribution in [0.3, 0.4) is 0 Å². The van der Waals surface area contributed by atoms with Crippen LogP contribution in [0.15, 0.2) is 0 Å². The molecule has 1 aliphatic heterocycles. The molecule has 1 rings (SSSR count). The van der Waals surface area contributed by atoms with Gasteiger partial charge in [0.05, 0.1) is 12.7 Å². The highest BCUT2D eigenvalue weighted by molar-refractivity contribution is 6.46. The van der Waals surface area contributed by atoms with Crippen LogP contribution < -0.4 is 0 Å². The number of rotatable bonds is 5. The Morgan fingerprint density at radius 1 is 1.38 bits per heavy atom. The van der Waals surface area contributed by atoms with Crippen molar-refractivity contribution in [1.29, 1.82) is 0 Å². The van der Waals surface area contributed by atoms with E-state index >= 15 is 0 Å². The molecule has 7 heteroatoms. The van der Waals surface area contributed by atoms with E-state index < -0.39 is 31.5 Å². The third-order valence-corrected chi connectivity index (χ3v) is 2.50. The van der Waals surface area contributed by atoms with E-state index in [0.717, 1.165) is 0 Å². The second kappa shape index (κ2) is 5.74. The van der Waals surface area contributed by atoms with Crippen LogP contribution in [0.5, 0.6) is 0 Å². The summed E-state index contributed by atoms with van der Waals surface area (Å²) in [6.07, 6.45) is -5.07. The molecule has 1 saturated heterocycles. The normalized spacial score (nSPS) is 26.9. The average Bonchev–Trinajstić information content (AvgIpc) is 2.75. The number of hydrogen-bond donors (Lipinski definition) is 3. The first-order valence-electron chi connectivity index (χ1n) is 5.24. The molecule has 0 aromatic heterocycles. The van der Waals surface area contributed by atoms with Crippen molar-refractivity contribution < 1.29 is 29.4 Å². The van der Waals surface area contributed by atoms with E-state index in [1.807, 2.05) is 13.8 Å². The predicted molar refractivity (Wildman–Crippen MR) is 55.8 cm³/mol. The molecular formula is C9H17BO6. The molecule has 1 heterocycles. The van der Waals surface area contributed by atoms with Gasteiger partial charge in [-0.15, -0.1) is 0 Å². The number of aldehydes is 1. The van der Waals surface area contributed by atoms with E-state index in [1.165, 1.54) is 0 Å². The maximum absolute atomic E-state index is 10.2. The first-order valence-corrected chi connectivity index (χ1v) is 5.24. The topological polar surface area (TPSA) is 96.2 Å². The average molecular weight is 232 g/mol. The lowest BCUT2D eigenvalue weighted by molar-refractivity contribution is -0.131. The first-order chi connectivity index (χ1) is 7.47. The standard InChI is InChI=1S/C9H17BO6/c1-5(2)10-15-4-7(16-10)9(14)8(13)6(12)3-11/h3,5-9,12-14H,4H2,1-2H3/t6-,7?,8+,9-/m0/s1. The van der Waals surface area contributed by atoms with Gasteiger partial charge in [0.25, 0.3) is 0 Å². The highest BCUT2D eigenvalue weighted by Gasteiger charge is 2.41. The Kier molecular flexibility index (Phi) is 4.88. The van der Waals surface area contributed by atoms with Gasteiger partial charge in [0, 0.05) is 0 Å². The first kappa shape index (κ1) is 13.6. The number of aliphatic hydroxyl groups is 3. The molecule has 0 amide bonds. The quantitative estimate of drug-likeness (QED) is 0.397. The molecular weight excluding hydrogens is 215 g/mol. The second-order valence-corrected chi connectivity index (χ2v) is 4.23. The second-order valence-electron chi connectivity index (χ2n) is 4.23. The zero-order valence-corrected chi connectivity index (χ0v) is 9.31. The van der Waals surface area contributed by atoms with Gasteiger partial charge in [-0.25, -0.2) is 0 Å². The van der Waals surface area contributed by atoms with Crippen LogP contribution in [0.1, 0.15) is 13.8 Å². The molecule has 92 valence electrons. The number of aliphatic hydroxyl groups excluding tert-OH is 3. The summed E-state index contributed by atoms with van der Waals surface area (Å²) in [5.74, 6) is 0.130. The minimum Gasteiger partial charge on any atom is -0.408 e. The lowest BCUT2D eigenvalue weighted by atomic mass is 9.75. The Bertz CT molecular complexity index is 236. The fourth-order valence-electron chi connectivity index (χ4n) is 1.47. The zero-order chi connectivity index (χ0) is 12.3. The molecule has 0 aromatic carbocycles. The summed E-state index contributed by atoms with van der Waals surface area (Å²) >= 11 is 0. The van der Waals surface area contributed by atoms with Gasteiger partial charge >= 0.3 is 7.12 Å². The monoisotopic (exact) mass is 232 g/mol. The number of hydrogen-bond acceptors (Lipinski definition) is 6. The van der Waals surface area contributed by atoms with Crippen LogP contribution in [0, 0.1) is 0 Å². The van der Waals surface area contributed by atoms with Gasteiger partial charge in [0.15, 0.2) is 6.29 Å². The summed E-state index contributed by atoms with van der Waals surface area (Å²) < 4.78 is 10.6. The minimum atomic E-state index is -1.61. The highest BCUT2D eigenvalue weighted by Crippen LogP contribution is 2.22. The molecule has 0 aliphatic carbocycles. The van der Waals surface area contributed by atoms with E-state index in [9.17, 15) is 15.0 Å². The van der Waals surface area contributed by atoms with E-state index in [1.54, 1.807) is 0 Å². The molecule has 0 aromatic rings. The third kappa shape index (κ3) is 3.02. The molecule has 0 saturated carbocycles. The Morgan fingerprint density at radius 2 is 2.00 bits per heavy atom. The van der Waals surface area contributed by atoms with Gasteiger partial charge in [0.2, 0.25) is 0 Å². The fraction of sp³-hybridized carbons (Fsp3) is 0.889. The molecule has 3 N–H and O–H groups in total. The molecule has 0 spiro atoms. The van der Waals surface area contributed by atoms with Crippen LogP contribution in [0.2, 0.25) is 5.82 Å². The molecule has 6 nitrogen and oxygen atoms in total. The van der Waals surface area contributed by atoms with E-state index in [2.05, 4.69) is 0 Å². The summed E-state index contributed by atoms with van der Waals surface area (Å²) in [5, 5.41) is 28.1. The fourth-order valence-corrected chi connectivity index (χ4v) is 1.47. The van der Waals surface area contributed by atoms with Gasteiger partial charge in [-0.05, 0) is 5.82 Å². The Balaban J connectivity index is 2.50. The molecule has 0 radical (unpaired) electrons. The summed E-state index contributed by atoms with van der Waals surface area (Å²) in [5.41, 5.74) is 0. The van der Waals surface area contributed by atoms with Gasteiger partial charge in [-0.3, -0.25) is 0 Å². The van der Waals surface area contributed by atoms with Gasteiger partial charge in [-0.2, -0.15) is 0 Å². The van der Waals surface area contributed by atoms with Crippen LogP contribution >= 0.6 is 0 Å². The minimum absolute atomic E-state index is 0.130. The summed E-state index contributed by atoms with van der Waals surface area (Å²) in [7, 11) is -0.430. The lowest BCUT2D eigenvalue weighted by Gasteiger charge is -2.24. The Hall–Kier alpha value is -0.465. The van der Waals surface area contributed by atoms with Crippen LogP contribution in [-0.2, 0) is 14.1 Å². The summed E-state index contributed by atoms with van der Waals surface area (Å²) in [6.45, 7) is 3.93. The van der Waals surface area contributed by atoms with Crippen molar-refractivity contribution in [3.63, 3.8) is 0 Å². The SMILES string of the molecule is CC(C)B1OCC([C@H](O)[C@H](O)[C@@H](O)C=O)O1. The van der Waals surface area contributed by atoms with Crippen molar-refractivity contribution in [3.8, 4) is 0 Å². The number of carbonyl (C=O) groups excluding carboxylic acids is 1. The van der Waals surface area contributed by atoms with Gasteiger partial charge in [-0.1, -0.05) is 13.8 Å². The Labute approximate surface area is 94.3 Å². The molecule has 0 bridgehead atoms. The van der Waals surface area contributed by atoms with Gasteiger partial charge < -0.3 is 29.4 Å². The van der Waals surface area contributed by atoms with Crippen molar-refractivity contribution in [1.82, 2.24) is 0 Å². The van der Waals surface area contributed by atoms with Crippen LogP contribution in [0.25, 0.3) is 0 Å². The van der Waals surface area contributed by atoms with Crippen molar-refractivity contribution in [2.75, 3.05) is 6.61 Å². The van der Waals surface area contributed by atoms with Crippen LogP contribution in [0.4, 0.5) is 0 Å². The van der Waals surface area contributed by atoms with E-state index in [0.29, 0.717) is 0 Å². The zero-order valence-electron chi connectivity index (χ0n) is 9.31. The maximum Gasteiger partial charge on any atom is 0.460 e. The Morgan fingerprint density at radius 3 is 2.44 bits per heavy atom. The van der Waals surface area contributed by atoms with E-state index in [4.69, 9.17) is 14.4 Å². The molecule has 1 unspecified atom stereocenters. The molecule has 1 fully saturated rings. The lowest BCUT2D eigenvalue weighted by Crippen LogP contribution is -2.46. The van der Waals surface area contributed by atoms with Crippen molar-refractivity contribution in [2.24, 2.45) is 0 Å².